The molecule has 0 aliphatic heterocycles. The monoisotopic (exact) mass is 206 g/mol. The minimum absolute atomic E-state index is 0.0628. The molecule has 74 valence electrons. The number of carboxylic acids is 2. The molecular formula is C6H11AlO6. The third kappa shape index (κ3) is 24.7. The van der Waals surface area contributed by atoms with Gasteiger partial charge in [0.2, 0.25) is 0 Å². The third-order valence-corrected chi connectivity index (χ3v) is 1.03. The van der Waals surface area contributed by atoms with E-state index in [-0.39, 0.29) is 12.8 Å². The Labute approximate surface area is 81.4 Å². The van der Waals surface area contributed by atoms with Gasteiger partial charge in [0.1, 0.15) is 0 Å². The molecule has 0 radical (unpaired) electrons. The van der Waals surface area contributed by atoms with Crippen molar-refractivity contribution in [1.82, 2.24) is 0 Å². The van der Waals surface area contributed by atoms with Crippen molar-refractivity contribution in [2.75, 3.05) is 0 Å². The van der Waals surface area contributed by atoms with Crippen molar-refractivity contribution in [3.8, 4) is 0 Å². The first kappa shape index (κ1) is 14.6. The van der Waals surface area contributed by atoms with Crippen molar-refractivity contribution in [1.29, 1.82) is 0 Å². The number of carbonyl (C=O) groups is 2. The molecule has 0 aromatic carbocycles. The Morgan fingerprint density at radius 3 is 1.38 bits per heavy atom. The summed E-state index contributed by atoms with van der Waals surface area (Å²) in [6.45, 7) is 0. The molecule has 0 amide bonds. The van der Waals surface area contributed by atoms with Gasteiger partial charge in [-0.05, 0) is 12.8 Å². The molecule has 0 saturated carbocycles. The van der Waals surface area contributed by atoms with Crippen molar-refractivity contribution in [3.05, 3.63) is 0 Å². The molecule has 6 nitrogen and oxygen atoms in total. The molecule has 13 heavy (non-hydrogen) atoms. The number of hydrogen-bond donors (Lipinski definition) is 3. The fourth-order valence-electron chi connectivity index (χ4n) is 0.552. The van der Waals surface area contributed by atoms with Crippen LogP contribution in [0.15, 0.2) is 0 Å². The number of hydrogen-bond acceptors (Lipinski definition) is 3. The fourth-order valence-corrected chi connectivity index (χ4v) is 0.552. The molecule has 0 fully saturated rings. The van der Waals surface area contributed by atoms with E-state index in [1.54, 1.807) is 0 Å². The first-order chi connectivity index (χ1) is 6.04. The van der Waals surface area contributed by atoms with Crippen LogP contribution >= 0.6 is 0 Å². The van der Waals surface area contributed by atoms with Gasteiger partial charge in [0, 0.05) is 12.8 Å². The van der Waals surface area contributed by atoms with Crippen molar-refractivity contribution in [3.63, 3.8) is 0 Å². The summed E-state index contributed by atoms with van der Waals surface area (Å²) in [6.07, 6.45) is 1.02. The summed E-state index contributed by atoms with van der Waals surface area (Å²) in [5.41, 5.74) is 0. The Morgan fingerprint density at radius 1 is 1.00 bits per heavy atom. The number of rotatable bonds is 5. The maximum absolute atomic E-state index is 9.90. The van der Waals surface area contributed by atoms with E-state index in [1.807, 2.05) is 0 Å². The van der Waals surface area contributed by atoms with Crippen LogP contribution in [0.25, 0.3) is 0 Å². The molecule has 3 N–H and O–H groups in total. The SMILES string of the molecule is O=C(O)CCCCC(=O)O.[O]=[Al][OH]. The van der Waals surface area contributed by atoms with E-state index in [9.17, 15) is 9.59 Å². The first-order valence-corrected chi connectivity index (χ1v) is 4.54. The summed E-state index contributed by atoms with van der Waals surface area (Å²) in [7, 11) is 0. The van der Waals surface area contributed by atoms with E-state index in [1.165, 1.54) is 0 Å². The van der Waals surface area contributed by atoms with Crippen LogP contribution in [-0.2, 0) is 13.4 Å². The summed E-state index contributed by atoms with van der Waals surface area (Å²) >= 11 is -1.50. The molecule has 0 atom stereocenters. The van der Waals surface area contributed by atoms with Crippen LogP contribution in [0.5, 0.6) is 0 Å². The van der Waals surface area contributed by atoms with Crippen LogP contribution in [-0.4, -0.2) is 41.8 Å². The van der Waals surface area contributed by atoms with Crippen LogP contribution in [0.1, 0.15) is 25.7 Å². The van der Waals surface area contributed by atoms with Crippen LogP contribution in [0, 0.1) is 0 Å². The summed E-state index contributed by atoms with van der Waals surface area (Å²) in [6, 6.07) is 0. The summed E-state index contributed by atoms with van der Waals surface area (Å²) < 4.78 is 15.7. The van der Waals surface area contributed by atoms with Gasteiger partial charge in [0.25, 0.3) is 0 Å². The van der Waals surface area contributed by atoms with Gasteiger partial charge in [-0.1, -0.05) is 0 Å². The van der Waals surface area contributed by atoms with E-state index >= 15 is 0 Å². The van der Waals surface area contributed by atoms with Crippen molar-refractivity contribution in [2.24, 2.45) is 0 Å². The van der Waals surface area contributed by atoms with Crippen LogP contribution < -0.4 is 0 Å². The molecule has 0 saturated heterocycles. The number of aliphatic carboxylic acids is 2. The van der Waals surface area contributed by atoms with Crippen LogP contribution in [0.4, 0.5) is 0 Å². The molecule has 0 bridgehead atoms. The Bertz CT molecular complexity index is 153. The van der Waals surface area contributed by atoms with Gasteiger partial charge in [0.05, 0.1) is 0 Å². The Balaban J connectivity index is 0. The predicted octanol–water partition coefficient (Wildman–Crippen LogP) is -0.341. The molecule has 0 aromatic rings. The number of carboxylic acid groups (broad SMARTS) is 2. The number of unbranched alkanes of at least 4 members (excludes halogenated alkanes) is 1. The molecule has 0 rings (SSSR count). The van der Waals surface area contributed by atoms with Crippen molar-refractivity contribution in [2.45, 2.75) is 25.7 Å². The van der Waals surface area contributed by atoms with Crippen LogP contribution in [0.2, 0.25) is 0 Å². The molecule has 7 heteroatoms. The third-order valence-electron chi connectivity index (χ3n) is 1.03. The Kier molecular flexibility index (Phi) is 12.4. The van der Waals surface area contributed by atoms with E-state index in [2.05, 4.69) is 0 Å². The molecule has 0 heterocycles. The van der Waals surface area contributed by atoms with Crippen LogP contribution in [0.3, 0.4) is 0 Å². The molecule has 0 aliphatic rings. The molecule has 0 unspecified atom stereocenters. The zero-order chi connectivity index (χ0) is 10.7. The average molecular weight is 206 g/mol. The summed E-state index contributed by atoms with van der Waals surface area (Å²) in [5, 5.41) is 16.3. The maximum atomic E-state index is 9.90. The van der Waals surface area contributed by atoms with Crippen molar-refractivity contribution >= 4 is 27.4 Å². The second-order valence-electron chi connectivity index (χ2n) is 2.10. The average Bonchev–Trinajstić information content (AvgIpc) is 1.99. The van der Waals surface area contributed by atoms with Gasteiger partial charge in [0.15, 0.2) is 0 Å². The van der Waals surface area contributed by atoms with Gasteiger partial charge in [-0.15, -0.1) is 0 Å². The topological polar surface area (TPSA) is 112 Å². The van der Waals surface area contributed by atoms with E-state index in [4.69, 9.17) is 18.2 Å². The molecule has 0 aliphatic carbocycles. The zero-order valence-corrected chi connectivity index (χ0v) is 8.13. The van der Waals surface area contributed by atoms with E-state index < -0.39 is 27.4 Å². The Hall–Kier alpha value is -0.928. The van der Waals surface area contributed by atoms with E-state index in [0.29, 0.717) is 12.8 Å². The summed E-state index contributed by atoms with van der Waals surface area (Å²) in [5.74, 6) is -1.74. The Morgan fingerprint density at radius 2 is 1.23 bits per heavy atom. The minimum atomic E-state index is -1.50. The van der Waals surface area contributed by atoms with Gasteiger partial charge >= 0.3 is 35.4 Å². The first-order valence-electron chi connectivity index (χ1n) is 3.56. The van der Waals surface area contributed by atoms with E-state index in [0.717, 1.165) is 0 Å². The zero-order valence-electron chi connectivity index (χ0n) is 6.97. The molecule has 0 aromatic heterocycles. The van der Waals surface area contributed by atoms with Gasteiger partial charge in [-0.3, -0.25) is 9.59 Å². The molecule has 0 spiro atoms. The second kappa shape index (κ2) is 11.1. The summed E-state index contributed by atoms with van der Waals surface area (Å²) in [4.78, 5) is 19.8. The molecular weight excluding hydrogens is 195 g/mol. The van der Waals surface area contributed by atoms with Gasteiger partial charge in [-0.2, -0.15) is 0 Å². The van der Waals surface area contributed by atoms with Gasteiger partial charge < -0.3 is 10.2 Å². The fraction of sp³-hybridized carbons (Fsp3) is 0.667. The van der Waals surface area contributed by atoms with Crippen molar-refractivity contribution < 1.29 is 27.8 Å². The quantitative estimate of drug-likeness (QED) is 0.419. The predicted molar refractivity (Wildman–Crippen MR) is 42.4 cm³/mol. The normalized spacial score (nSPS) is 7.69. The second-order valence-corrected chi connectivity index (χ2v) is 2.31. The van der Waals surface area contributed by atoms with Gasteiger partial charge in [-0.25, -0.2) is 0 Å². The standard InChI is InChI=1S/C6H10O4.Al.H2O.O/c7-5(8)3-1-2-4-6(9)10;;;/h1-4H2,(H,7,8)(H,9,10);;1H2;/q;+1;;/p-1.